The third-order valence-electron chi connectivity index (χ3n) is 10.3. The Hall–Kier alpha value is -0.900. The molecule has 0 radical (unpaired) electrons. The number of aliphatic hydroxyl groups is 1. The summed E-state index contributed by atoms with van der Waals surface area (Å²) in [6.07, 6.45) is 10.1. The van der Waals surface area contributed by atoms with E-state index < -0.39 is 5.97 Å². The predicted octanol–water partition coefficient (Wildman–Crippen LogP) is 5.08. The number of rotatable bonds is 5. The standard InChI is InChI=1S/C25H40O4/c1-4-17-20-14-16(26)10-12-25(20,3)19-11-13-24(2)15(6-5-7-21(27)28)8-9-18(24)22(19)23(17)29/h15-20,22,26H,4-14H2,1-3H3,(H,27,28)/t15?,16-,17?,18?,19?,20?,22?,24?,25?/m1/s1. The topological polar surface area (TPSA) is 74.6 Å². The van der Waals surface area contributed by atoms with Gasteiger partial charge in [-0.3, -0.25) is 9.59 Å². The average Bonchev–Trinajstić information content (AvgIpc) is 3.00. The highest BCUT2D eigenvalue weighted by molar-refractivity contribution is 5.86. The summed E-state index contributed by atoms with van der Waals surface area (Å²) >= 11 is 0. The molecular formula is C25H40O4. The molecule has 0 saturated heterocycles. The quantitative estimate of drug-likeness (QED) is 0.670. The van der Waals surface area contributed by atoms with Crippen LogP contribution in [-0.2, 0) is 9.59 Å². The fraction of sp³-hybridized carbons (Fsp3) is 0.920. The molecule has 0 spiro atoms. The predicted molar refractivity (Wildman–Crippen MR) is 112 cm³/mol. The molecule has 0 heterocycles. The van der Waals surface area contributed by atoms with Gasteiger partial charge in [-0.25, -0.2) is 0 Å². The summed E-state index contributed by atoms with van der Waals surface area (Å²) in [6, 6.07) is 0. The normalized spacial score (nSPS) is 49.2. The molecule has 0 aromatic rings. The molecule has 4 fully saturated rings. The fourth-order valence-corrected chi connectivity index (χ4v) is 8.72. The van der Waals surface area contributed by atoms with E-state index in [1.165, 1.54) is 6.42 Å². The molecule has 0 aromatic carbocycles. The molecule has 4 heteroatoms. The molecule has 0 aliphatic heterocycles. The van der Waals surface area contributed by atoms with Gasteiger partial charge in [0, 0.05) is 18.3 Å². The lowest BCUT2D eigenvalue weighted by Gasteiger charge is -2.62. The van der Waals surface area contributed by atoms with Crippen molar-refractivity contribution >= 4 is 11.8 Å². The van der Waals surface area contributed by atoms with Gasteiger partial charge in [-0.05, 0) is 98.7 Å². The minimum absolute atomic E-state index is 0.115. The lowest BCUT2D eigenvalue weighted by molar-refractivity contribution is -0.172. The van der Waals surface area contributed by atoms with Crippen LogP contribution in [0.5, 0.6) is 0 Å². The van der Waals surface area contributed by atoms with Crippen molar-refractivity contribution in [1.82, 2.24) is 0 Å². The van der Waals surface area contributed by atoms with Crippen LogP contribution >= 0.6 is 0 Å². The first-order valence-corrected chi connectivity index (χ1v) is 12.2. The molecule has 0 amide bonds. The van der Waals surface area contributed by atoms with Crippen LogP contribution in [0.4, 0.5) is 0 Å². The highest BCUT2D eigenvalue weighted by Crippen LogP contribution is 2.68. The van der Waals surface area contributed by atoms with Crippen molar-refractivity contribution in [3.05, 3.63) is 0 Å². The van der Waals surface area contributed by atoms with Gasteiger partial charge >= 0.3 is 5.97 Å². The monoisotopic (exact) mass is 404 g/mol. The Morgan fingerprint density at radius 3 is 2.41 bits per heavy atom. The molecule has 9 atom stereocenters. The van der Waals surface area contributed by atoms with E-state index in [-0.39, 0.29) is 35.2 Å². The number of fused-ring (bicyclic) bond motifs is 5. The number of hydrogen-bond acceptors (Lipinski definition) is 3. The highest BCUT2D eigenvalue weighted by atomic mass is 16.4. The number of carboxylic acid groups (broad SMARTS) is 1. The van der Waals surface area contributed by atoms with E-state index in [1.54, 1.807) is 0 Å². The second-order valence-electron chi connectivity index (χ2n) is 11.3. The summed E-state index contributed by atoms with van der Waals surface area (Å²) in [6.45, 7) is 7.02. The maximum Gasteiger partial charge on any atom is 0.303 e. The van der Waals surface area contributed by atoms with E-state index in [1.807, 2.05) is 0 Å². The Balaban J connectivity index is 1.60. The lowest BCUT2D eigenvalue weighted by Crippen LogP contribution is -2.60. The molecule has 29 heavy (non-hydrogen) atoms. The summed E-state index contributed by atoms with van der Waals surface area (Å²) in [5.41, 5.74) is 0.395. The summed E-state index contributed by atoms with van der Waals surface area (Å²) in [5.74, 6) is 2.00. The Labute approximate surface area is 175 Å². The average molecular weight is 405 g/mol. The maximum absolute atomic E-state index is 13.8. The summed E-state index contributed by atoms with van der Waals surface area (Å²) in [7, 11) is 0. The molecule has 4 aliphatic rings. The maximum atomic E-state index is 13.8. The Kier molecular flexibility index (Phi) is 5.63. The van der Waals surface area contributed by atoms with E-state index >= 15 is 0 Å². The smallest absolute Gasteiger partial charge is 0.303 e. The van der Waals surface area contributed by atoms with E-state index in [4.69, 9.17) is 5.11 Å². The van der Waals surface area contributed by atoms with Crippen molar-refractivity contribution in [2.45, 2.75) is 97.5 Å². The molecule has 2 N–H and O–H groups in total. The van der Waals surface area contributed by atoms with Crippen LogP contribution < -0.4 is 0 Å². The second-order valence-corrected chi connectivity index (χ2v) is 11.3. The molecule has 4 aliphatic carbocycles. The van der Waals surface area contributed by atoms with Gasteiger partial charge in [-0.1, -0.05) is 20.8 Å². The van der Waals surface area contributed by atoms with Gasteiger partial charge in [-0.15, -0.1) is 0 Å². The molecule has 4 saturated carbocycles. The van der Waals surface area contributed by atoms with Crippen LogP contribution in [0.15, 0.2) is 0 Å². The van der Waals surface area contributed by atoms with Gasteiger partial charge in [0.2, 0.25) is 0 Å². The van der Waals surface area contributed by atoms with Crippen molar-refractivity contribution in [1.29, 1.82) is 0 Å². The van der Waals surface area contributed by atoms with Crippen LogP contribution in [0.2, 0.25) is 0 Å². The van der Waals surface area contributed by atoms with Crippen molar-refractivity contribution in [3.63, 3.8) is 0 Å². The number of aliphatic carboxylic acids is 1. The van der Waals surface area contributed by atoms with Crippen LogP contribution in [0.25, 0.3) is 0 Å². The van der Waals surface area contributed by atoms with Crippen molar-refractivity contribution in [3.8, 4) is 0 Å². The van der Waals surface area contributed by atoms with Crippen LogP contribution in [0.1, 0.15) is 91.4 Å². The number of hydrogen-bond donors (Lipinski definition) is 2. The lowest BCUT2D eigenvalue weighted by atomic mass is 9.42. The zero-order valence-corrected chi connectivity index (χ0v) is 18.5. The molecule has 8 unspecified atom stereocenters. The van der Waals surface area contributed by atoms with Gasteiger partial charge in [0.05, 0.1) is 6.10 Å². The Morgan fingerprint density at radius 1 is 1.03 bits per heavy atom. The highest BCUT2D eigenvalue weighted by Gasteiger charge is 2.64. The van der Waals surface area contributed by atoms with Gasteiger partial charge in [0.25, 0.3) is 0 Å². The first-order valence-electron chi connectivity index (χ1n) is 12.2. The molecule has 4 rings (SSSR count). The van der Waals surface area contributed by atoms with Gasteiger partial charge in [-0.2, -0.15) is 0 Å². The van der Waals surface area contributed by atoms with Crippen molar-refractivity contribution < 1.29 is 19.8 Å². The minimum Gasteiger partial charge on any atom is -0.481 e. The molecular weight excluding hydrogens is 364 g/mol. The molecule has 0 bridgehead atoms. The Morgan fingerprint density at radius 2 is 1.72 bits per heavy atom. The van der Waals surface area contributed by atoms with Crippen LogP contribution in [0, 0.1) is 46.3 Å². The molecule has 0 aromatic heterocycles. The van der Waals surface area contributed by atoms with E-state index in [2.05, 4.69) is 20.8 Å². The Bertz CT molecular complexity index is 659. The van der Waals surface area contributed by atoms with E-state index in [0.717, 1.165) is 57.8 Å². The summed E-state index contributed by atoms with van der Waals surface area (Å²) in [5, 5.41) is 19.4. The van der Waals surface area contributed by atoms with Gasteiger partial charge in [0.15, 0.2) is 0 Å². The largest absolute Gasteiger partial charge is 0.481 e. The van der Waals surface area contributed by atoms with Gasteiger partial charge < -0.3 is 10.2 Å². The van der Waals surface area contributed by atoms with E-state index in [0.29, 0.717) is 29.5 Å². The minimum atomic E-state index is -0.694. The number of carboxylic acids is 1. The van der Waals surface area contributed by atoms with Crippen molar-refractivity contribution in [2.75, 3.05) is 0 Å². The molecule has 164 valence electrons. The first-order chi connectivity index (χ1) is 13.7. The fourth-order valence-electron chi connectivity index (χ4n) is 8.72. The zero-order valence-electron chi connectivity index (χ0n) is 18.5. The van der Waals surface area contributed by atoms with E-state index in [9.17, 15) is 14.7 Å². The number of carbonyl (C=O) groups is 2. The summed E-state index contributed by atoms with van der Waals surface area (Å²) in [4.78, 5) is 24.8. The number of Topliss-reactive ketones (excluding diaryl/α,β-unsaturated/α-hetero) is 1. The number of carbonyl (C=O) groups excluding carboxylic acids is 1. The SMILES string of the molecule is CCC1C(=O)C2C3CCC(CCCC(=O)O)C3(C)CCC2C2(C)CC[C@@H](O)CC12. The second kappa shape index (κ2) is 7.66. The zero-order chi connectivity index (χ0) is 21.0. The molecule has 4 nitrogen and oxygen atoms in total. The van der Waals surface area contributed by atoms with Crippen molar-refractivity contribution in [2.24, 2.45) is 46.3 Å². The number of ketones is 1. The first kappa shape index (κ1) is 21.3. The summed E-state index contributed by atoms with van der Waals surface area (Å²) < 4.78 is 0. The van der Waals surface area contributed by atoms with Gasteiger partial charge in [0.1, 0.15) is 5.78 Å². The third kappa shape index (κ3) is 3.28. The number of aliphatic hydroxyl groups excluding tert-OH is 1. The van der Waals surface area contributed by atoms with Crippen LogP contribution in [-0.4, -0.2) is 28.1 Å². The third-order valence-corrected chi connectivity index (χ3v) is 10.3. The van der Waals surface area contributed by atoms with Crippen LogP contribution in [0.3, 0.4) is 0 Å².